The second-order valence-electron chi connectivity index (χ2n) is 5.78. The van der Waals surface area contributed by atoms with Crippen LogP contribution in [0.1, 0.15) is 5.56 Å². The average Bonchev–Trinajstić information content (AvgIpc) is 3.08. The van der Waals surface area contributed by atoms with Crippen LogP contribution in [0.3, 0.4) is 0 Å². The Morgan fingerprint density at radius 2 is 1.96 bits per heavy atom. The van der Waals surface area contributed by atoms with Crippen LogP contribution in [-0.4, -0.2) is 32.1 Å². The Morgan fingerprint density at radius 3 is 2.81 bits per heavy atom. The number of rotatable bonds is 4. The SMILES string of the molecule is COc1ccc(C)cc1Nc1ncnc(-n2nnc3ccccc32)c1N. The quantitative estimate of drug-likeness (QED) is 0.585. The van der Waals surface area contributed by atoms with E-state index in [1.807, 2.05) is 49.4 Å². The molecule has 2 heterocycles. The molecule has 0 aliphatic carbocycles. The normalized spacial score (nSPS) is 10.8. The minimum absolute atomic E-state index is 0.367. The summed E-state index contributed by atoms with van der Waals surface area (Å²) in [6, 6.07) is 13.4. The van der Waals surface area contributed by atoms with Crippen LogP contribution in [0.25, 0.3) is 16.9 Å². The number of aryl methyl sites for hydroxylation is 1. The van der Waals surface area contributed by atoms with Crippen LogP contribution in [0.15, 0.2) is 48.8 Å². The Hall–Kier alpha value is -3.68. The molecular formula is C18H17N7O. The highest BCUT2D eigenvalue weighted by Crippen LogP contribution is 2.31. The second kappa shape index (κ2) is 6.32. The molecule has 4 rings (SSSR count). The van der Waals surface area contributed by atoms with Crippen LogP contribution in [0.5, 0.6) is 5.75 Å². The first kappa shape index (κ1) is 15.8. The highest BCUT2D eigenvalue weighted by Gasteiger charge is 2.15. The maximum atomic E-state index is 6.33. The van der Waals surface area contributed by atoms with Crippen LogP contribution in [0.2, 0.25) is 0 Å². The molecule has 0 unspecified atom stereocenters. The first-order chi connectivity index (χ1) is 12.7. The Bertz CT molecular complexity index is 1090. The summed E-state index contributed by atoms with van der Waals surface area (Å²) in [7, 11) is 1.62. The van der Waals surface area contributed by atoms with Crippen molar-refractivity contribution in [2.24, 2.45) is 0 Å². The van der Waals surface area contributed by atoms with Crippen LogP contribution in [0, 0.1) is 6.92 Å². The fourth-order valence-corrected chi connectivity index (χ4v) is 2.73. The number of nitrogens with two attached hydrogens (primary N) is 1. The van der Waals surface area contributed by atoms with Gasteiger partial charge < -0.3 is 15.8 Å². The minimum atomic E-state index is 0.367. The third-order valence-corrected chi connectivity index (χ3v) is 4.02. The van der Waals surface area contributed by atoms with Crippen molar-refractivity contribution >= 4 is 28.2 Å². The first-order valence-corrected chi connectivity index (χ1v) is 8.00. The molecule has 4 aromatic rings. The molecule has 2 aromatic carbocycles. The number of hydrogen-bond acceptors (Lipinski definition) is 7. The highest BCUT2D eigenvalue weighted by molar-refractivity contribution is 5.80. The van der Waals surface area contributed by atoms with E-state index >= 15 is 0 Å². The topological polar surface area (TPSA) is 104 Å². The number of aromatic nitrogens is 5. The molecule has 0 aliphatic rings. The summed E-state index contributed by atoms with van der Waals surface area (Å²) in [4.78, 5) is 8.55. The van der Waals surface area contributed by atoms with E-state index in [1.165, 1.54) is 6.33 Å². The lowest BCUT2D eigenvalue weighted by atomic mass is 10.2. The van der Waals surface area contributed by atoms with E-state index < -0.39 is 0 Å². The zero-order valence-electron chi connectivity index (χ0n) is 14.3. The third-order valence-electron chi connectivity index (χ3n) is 4.02. The molecule has 3 N–H and O–H groups in total. The van der Waals surface area contributed by atoms with Crippen molar-refractivity contribution < 1.29 is 4.74 Å². The number of ether oxygens (including phenoxy) is 1. The maximum absolute atomic E-state index is 6.33. The fraction of sp³-hybridized carbons (Fsp3) is 0.111. The minimum Gasteiger partial charge on any atom is -0.495 e. The molecule has 130 valence electrons. The number of nitrogens with one attached hydrogen (secondary N) is 1. The predicted octanol–water partition coefficient (Wildman–Crippen LogP) is 2.85. The Morgan fingerprint density at radius 1 is 1.12 bits per heavy atom. The van der Waals surface area contributed by atoms with Crippen LogP contribution >= 0.6 is 0 Å². The smallest absolute Gasteiger partial charge is 0.184 e. The van der Waals surface area contributed by atoms with Gasteiger partial charge in [0.05, 0.1) is 18.3 Å². The predicted molar refractivity (Wildman–Crippen MR) is 99.9 cm³/mol. The van der Waals surface area contributed by atoms with Gasteiger partial charge >= 0.3 is 0 Å². The molecule has 8 nitrogen and oxygen atoms in total. The van der Waals surface area contributed by atoms with Crippen molar-refractivity contribution in [3.63, 3.8) is 0 Å². The van der Waals surface area contributed by atoms with Crippen molar-refractivity contribution in [1.29, 1.82) is 0 Å². The van der Waals surface area contributed by atoms with Gasteiger partial charge in [-0.15, -0.1) is 5.10 Å². The van der Waals surface area contributed by atoms with E-state index in [-0.39, 0.29) is 0 Å². The van der Waals surface area contributed by atoms with Gasteiger partial charge in [0.2, 0.25) is 0 Å². The van der Waals surface area contributed by atoms with Crippen LogP contribution in [-0.2, 0) is 0 Å². The molecular weight excluding hydrogens is 330 g/mol. The number of methoxy groups -OCH3 is 1. The summed E-state index contributed by atoms with van der Waals surface area (Å²) < 4.78 is 7.00. The number of nitrogen functional groups attached to an aromatic ring is 1. The zero-order valence-corrected chi connectivity index (χ0v) is 14.3. The lowest BCUT2D eigenvalue weighted by Gasteiger charge is -2.14. The molecule has 0 bridgehead atoms. The summed E-state index contributed by atoms with van der Waals surface area (Å²) in [5, 5.41) is 11.5. The average molecular weight is 347 g/mol. The largest absolute Gasteiger partial charge is 0.495 e. The van der Waals surface area contributed by atoms with Crippen LogP contribution in [0.4, 0.5) is 17.2 Å². The van der Waals surface area contributed by atoms with Gasteiger partial charge in [0.25, 0.3) is 0 Å². The van der Waals surface area contributed by atoms with Gasteiger partial charge in [-0.1, -0.05) is 23.4 Å². The van der Waals surface area contributed by atoms with Gasteiger partial charge in [0, 0.05) is 0 Å². The van der Waals surface area contributed by atoms with Crippen molar-refractivity contribution in [3.8, 4) is 11.6 Å². The molecule has 26 heavy (non-hydrogen) atoms. The molecule has 0 spiro atoms. The summed E-state index contributed by atoms with van der Waals surface area (Å²) in [5.41, 5.74) is 10.1. The van der Waals surface area contributed by atoms with Crippen molar-refractivity contribution in [3.05, 3.63) is 54.4 Å². The third kappa shape index (κ3) is 2.67. The van der Waals surface area contributed by atoms with Crippen molar-refractivity contribution in [2.45, 2.75) is 6.92 Å². The lowest BCUT2D eigenvalue weighted by Crippen LogP contribution is -2.09. The van der Waals surface area contributed by atoms with E-state index in [0.717, 1.165) is 22.3 Å². The molecule has 0 fully saturated rings. The van der Waals surface area contributed by atoms with E-state index in [9.17, 15) is 0 Å². The van der Waals surface area contributed by atoms with E-state index in [0.29, 0.717) is 23.1 Å². The summed E-state index contributed by atoms with van der Waals surface area (Å²) >= 11 is 0. The second-order valence-corrected chi connectivity index (χ2v) is 5.78. The number of para-hydroxylation sites is 1. The van der Waals surface area contributed by atoms with Gasteiger partial charge in [-0.25, -0.2) is 9.97 Å². The lowest BCUT2D eigenvalue weighted by molar-refractivity contribution is 0.416. The Labute approximate surface area is 149 Å². The van der Waals surface area contributed by atoms with E-state index in [2.05, 4.69) is 25.6 Å². The summed E-state index contributed by atoms with van der Waals surface area (Å²) in [5.74, 6) is 1.63. The maximum Gasteiger partial charge on any atom is 0.184 e. The highest BCUT2D eigenvalue weighted by atomic mass is 16.5. The van der Waals surface area contributed by atoms with Gasteiger partial charge in [-0.05, 0) is 36.8 Å². The van der Waals surface area contributed by atoms with Gasteiger partial charge in [0.1, 0.15) is 23.3 Å². The number of fused-ring (bicyclic) bond motifs is 1. The molecule has 8 heteroatoms. The fourth-order valence-electron chi connectivity index (χ4n) is 2.73. The van der Waals surface area contributed by atoms with Gasteiger partial charge in [-0.2, -0.15) is 4.68 Å². The van der Waals surface area contributed by atoms with Crippen LogP contribution < -0.4 is 15.8 Å². The molecule has 2 aromatic heterocycles. The molecule has 0 saturated carbocycles. The Kier molecular flexibility index (Phi) is 3.85. The van der Waals surface area contributed by atoms with E-state index in [1.54, 1.807) is 11.8 Å². The molecule has 0 saturated heterocycles. The zero-order chi connectivity index (χ0) is 18.1. The Balaban J connectivity index is 1.79. The standard InChI is InChI=1S/C18H17N7O/c1-11-7-8-15(26-2)13(9-11)22-17-16(19)18(21-10-20-17)25-14-6-4-3-5-12(14)23-24-25/h3-10H,19H2,1-2H3,(H,20,21,22). The summed E-state index contributed by atoms with van der Waals surface area (Å²) in [6.45, 7) is 2.00. The number of hydrogen-bond donors (Lipinski definition) is 2. The molecule has 0 amide bonds. The molecule has 0 radical (unpaired) electrons. The first-order valence-electron chi connectivity index (χ1n) is 8.00. The number of benzene rings is 2. The number of anilines is 3. The molecule has 0 atom stereocenters. The monoisotopic (exact) mass is 347 g/mol. The van der Waals surface area contributed by atoms with Gasteiger partial charge in [0.15, 0.2) is 11.6 Å². The van der Waals surface area contributed by atoms with Crippen molar-refractivity contribution in [2.75, 3.05) is 18.2 Å². The summed E-state index contributed by atoms with van der Waals surface area (Å²) in [6.07, 6.45) is 1.44. The van der Waals surface area contributed by atoms with Gasteiger partial charge in [-0.3, -0.25) is 0 Å². The van der Waals surface area contributed by atoms with Crippen molar-refractivity contribution in [1.82, 2.24) is 25.0 Å². The van der Waals surface area contributed by atoms with E-state index in [4.69, 9.17) is 10.5 Å². The number of nitrogens with zero attached hydrogens (tertiary/aromatic N) is 5. The molecule has 0 aliphatic heterocycles.